The van der Waals surface area contributed by atoms with Gasteiger partial charge in [-0.25, -0.2) is 8.42 Å². The van der Waals surface area contributed by atoms with Crippen LogP contribution in [0.1, 0.15) is 32.8 Å². The molecule has 0 aliphatic heterocycles. The largest absolute Gasteiger partial charge is 0.352 e. The number of anilines is 1. The van der Waals surface area contributed by atoms with Gasteiger partial charge in [-0.2, -0.15) is 0 Å². The lowest BCUT2D eigenvalue weighted by molar-refractivity contribution is -0.139. The van der Waals surface area contributed by atoms with Gasteiger partial charge in [0.15, 0.2) is 0 Å². The van der Waals surface area contributed by atoms with E-state index in [0.717, 1.165) is 10.6 Å². The van der Waals surface area contributed by atoms with Crippen LogP contribution in [0.2, 0.25) is 20.1 Å². The molecule has 0 saturated heterocycles. The molecule has 0 aromatic heterocycles. The number of hydrogen-bond acceptors (Lipinski definition) is 4. The SMILES string of the molecule is CC[C@@H](C)NC(=O)[C@@H](C)N(Cc1c(Cl)cccc1Cl)C(=O)CN(c1ccc(Cl)c(Cl)c1)S(C)(=O)=O. The number of amides is 2. The van der Waals surface area contributed by atoms with E-state index in [2.05, 4.69) is 5.32 Å². The molecule has 0 saturated carbocycles. The van der Waals surface area contributed by atoms with Crippen molar-refractivity contribution in [1.82, 2.24) is 10.2 Å². The van der Waals surface area contributed by atoms with Crippen LogP contribution in [0.3, 0.4) is 0 Å². The Kier molecular flexibility index (Phi) is 10.5. The Balaban J connectivity index is 2.47. The van der Waals surface area contributed by atoms with E-state index >= 15 is 0 Å². The predicted octanol–water partition coefficient (Wildman–Crippen LogP) is 5.40. The summed E-state index contributed by atoms with van der Waals surface area (Å²) in [5, 5.41) is 3.84. The van der Waals surface area contributed by atoms with Crippen molar-refractivity contribution in [2.24, 2.45) is 0 Å². The maximum Gasteiger partial charge on any atom is 0.244 e. The van der Waals surface area contributed by atoms with Gasteiger partial charge in [-0.15, -0.1) is 0 Å². The van der Waals surface area contributed by atoms with Crippen LogP contribution in [0.5, 0.6) is 0 Å². The first-order valence-electron chi connectivity index (χ1n) is 10.7. The Morgan fingerprint density at radius 1 is 0.971 bits per heavy atom. The van der Waals surface area contributed by atoms with Gasteiger partial charge in [-0.3, -0.25) is 13.9 Å². The number of carbonyl (C=O) groups excluding carboxylic acids is 2. The third-order valence-corrected chi connectivity index (χ3v) is 8.02. The van der Waals surface area contributed by atoms with Crippen molar-refractivity contribution < 1.29 is 18.0 Å². The third kappa shape index (κ3) is 7.89. The number of rotatable bonds is 10. The van der Waals surface area contributed by atoms with Crippen molar-refractivity contribution in [3.05, 3.63) is 62.1 Å². The number of halogens is 4. The first-order valence-corrected chi connectivity index (χ1v) is 14.1. The second kappa shape index (κ2) is 12.5. The normalized spacial score (nSPS) is 13.1. The standard InChI is InChI=1S/C23H27Cl4N3O4S/c1-5-14(2)28-23(32)15(3)29(12-17-18(24)7-6-8-19(17)25)22(31)13-30(35(4,33)34)16-9-10-20(26)21(27)11-16/h6-11,14-15H,5,12-13H2,1-4H3,(H,28,32)/t14-,15-/m1/s1. The molecule has 0 heterocycles. The smallest absolute Gasteiger partial charge is 0.244 e. The van der Waals surface area contributed by atoms with Crippen molar-refractivity contribution in [1.29, 1.82) is 0 Å². The van der Waals surface area contributed by atoms with Crippen LogP contribution in [0.15, 0.2) is 36.4 Å². The average molecular weight is 583 g/mol. The molecular weight excluding hydrogens is 556 g/mol. The molecule has 35 heavy (non-hydrogen) atoms. The summed E-state index contributed by atoms with van der Waals surface area (Å²) in [7, 11) is -3.90. The van der Waals surface area contributed by atoms with Crippen LogP contribution < -0.4 is 9.62 Å². The topological polar surface area (TPSA) is 86.8 Å². The predicted molar refractivity (Wildman–Crippen MR) is 143 cm³/mol. The molecule has 0 fully saturated rings. The van der Waals surface area contributed by atoms with Gasteiger partial charge in [-0.1, -0.05) is 59.4 Å². The summed E-state index contributed by atoms with van der Waals surface area (Å²) in [6, 6.07) is 8.07. The number of benzene rings is 2. The molecule has 2 atom stereocenters. The molecule has 0 radical (unpaired) electrons. The van der Waals surface area contributed by atoms with Crippen molar-refractivity contribution in [3.8, 4) is 0 Å². The molecule has 7 nitrogen and oxygen atoms in total. The van der Waals surface area contributed by atoms with E-state index in [1.807, 2.05) is 13.8 Å². The molecule has 0 aliphatic carbocycles. The lowest BCUT2D eigenvalue weighted by atomic mass is 10.1. The van der Waals surface area contributed by atoms with Gasteiger partial charge < -0.3 is 10.2 Å². The molecule has 0 spiro atoms. The van der Waals surface area contributed by atoms with E-state index < -0.39 is 34.4 Å². The number of hydrogen-bond donors (Lipinski definition) is 1. The molecule has 0 bridgehead atoms. The van der Waals surface area contributed by atoms with Crippen LogP contribution in [0.25, 0.3) is 0 Å². The Labute approximate surface area is 226 Å². The summed E-state index contributed by atoms with van der Waals surface area (Å²) in [5.41, 5.74) is 0.593. The van der Waals surface area contributed by atoms with Crippen LogP contribution in [0.4, 0.5) is 5.69 Å². The third-order valence-electron chi connectivity index (χ3n) is 5.43. The second-order valence-electron chi connectivity index (χ2n) is 8.08. The van der Waals surface area contributed by atoms with E-state index in [4.69, 9.17) is 46.4 Å². The van der Waals surface area contributed by atoms with Crippen LogP contribution in [-0.2, 0) is 26.2 Å². The zero-order valence-electron chi connectivity index (χ0n) is 19.7. The minimum atomic E-state index is -3.90. The van der Waals surface area contributed by atoms with E-state index in [1.54, 1.807) is 25.1 Å². The van der Waals surface area contributed by atoms with Crippen LogP contribution in [-0.4, -0.2) is 50.0 Å². The summed E-state index contributed by atoms with van der Waals surface area (Å²) < 4.78 is 26.1. The molecule has 192 valence electrons. The molecule has 1 N–H and O–H groups in total. The van der Waals surface area contributed by atoms with E-state index in [-0.39, 0.29) is 28.3 Å². The summed E-state index contributed by atoms with van der Waals surface area (Å²) in [6.45, 7) is 4.64. The minimum absolute atomic E-state index is 0.106. The van der Waals surface area contributed by atoms with Crippen molar-refractivity contribution >= 4 is 73.9 Å². The number of sulfonamides is 1. The van der Waals surface area contributed by atoms with Gasteiger partial charge in [-0.05, 0) is 50.6 Å². The zero-order chi connectivity index (χ0) is 26.5. The fourth-order valence-corrected chi connectivity index (χ4v) is 4.81. The number of nitrogens with zero attached hydrogens (tertiary/aromatic N) is 2. The summed E-state index contributed by atoms with van der Waals surface area (Å²) in [4.78, 5) is 27.7. The summed E-state index contributed by atoms with van der Waals surface area (Å²) in [5.74, 6) is -1.03. The molecule has 2 aromatic carbocycles. The first-order chi connectivity index (χ1) is 16.3. The Bertz CT molecular complexity index is 1170. The lowest BCUT2D eigenvalue weighted by Crippen LogP contribution is -2.52. The summed E-state index contributed by atoms with van der Waals surface area (Å²) >= 11 is 24.7. The quantitative estimate of drug-likeness (QED) is 0.406. The van der Waals surface area contributed by atoms with E-state index in [9.17, 15) is 18.0 Å². The van der Waals surface area contributed by atoms with Crippen LogP contribution in [0, 0.1) is 0 Å². The number of carbonyl (C=O) groups is 2. The summed E-state index contributed by atoms with van der Waals surface area (Å²) in [6.07, 6.45) is 1.67. The zero-order valence-corrected chi connectivity index (χ0v) is 23.5. The number of nitrogens with one attached hydrogen (secondary N) is 1. The van der Waals surface area contributed by atoms with Crippen molar-refractivity contribution in [3.63, 3.8) is 0 Å². The van der Waals surface area contributed by atoms with Gasteiger partial charge in [0.1, 0.15) is 12.6 Å². The molecule has 0 unspecified atom stereocenters. The molecule has 0 aliphatic rings. The maximum absolute atomic E-state index is 13.5. The van der Waals surface area contributed by atoms with Crippen LogP contribution >= 0.6 is 46.4 Å². The van der Waals surface area contributed by atoms with Gasteiger partial charge >= 0.3 is 0 Å². The highest BCUT2D eigenvalue weighted by atomic mass is 35.5. The fourth-order valence-electron chi connectivity index (χ4n) is 3.16. The highest BCUT2D eigenvalue weighted by Gasteiger charge is 2.31. The van der Waals surface area contributed by atoms with Gasteiger partial charge in [0.2, 0.25) is 21.8 Å². The van der Waals surface area contributed by atoms with Gasteiger partial charge in [0.25, 0.3) is 0 Å². The van der Waals surface area contributed by atoms with E-state index in [0.29, 0.717) is 22.0 Å². The van der Waals surface area contributed by atoms with Crippen molar-refractivity contribution in [2.45, 2.75) is 45.8 Å². The highest BCUT2D eigenvalue weighted by molar-refractivity contribution is 7.92. The molecule has 2 aromatic rings. The molecule has 2 amide bonds. The molecule has 2 rings (SSSR count). The van der Waals surface area contributed by atoms with Gasteiger partial charge in [0.05, 0.1) is 22.0 Å². The Hall–Kier alpha value is -1.71. The Morgan fingerprint density at radius 2 is 1.57 bits per heavy atom. The Morgan fingerprint density at radius 3 is 2.09 bits per heavy atom. The highest BCUT2D eigenvalue weighted by Crippen LogP contribution is 2.30. The average Bonchev–Trinajstić information content (AvgIpc) is 2.77. The fraction of sp³-hybridized carbons (Fsp3) is 0.391. The maximum atomic E-state index is 13.5. The monoisotopic (exact) mass is 581 g/mol. The van der Waals surface area contributed by atoms with Crippen molar-refractivity contribution in [2.75, 3.05) is 17.1 Å². The lowest BCUT2D eigenvalue weighted by Gasteiger charge is -2.32. The first kappa shape index (κ1) is 29.5. The minimum Gasteiger partial charge on any atom is -0.352 e. The van der Waals surface area contributed by atoms with Gasteiger partial charge in [0, 0.05) is 28.2 Å². The molecule has 12 heteroatoms. The second-order valence-corrected chi connectivity index (χ2v) is 11.6. The molecular formula is C23H27Cl4N3O4S. The van der Waals surface area contributed by atoms with E-state index in [1.165, 1.54) is 23.1 Å².